The lowest BCUT2D eigenvalue weighted by atomic mass is 10.2. The van der Waals surface area contributed by atoms with Crippen LogP contribution in [0.1, 0.15) is 15.9 Å². The van der Waals surface area contributed by atoms with Gasteiger partial charge in [-0.2, -0.15) is 0 Å². The van der Waals surface area contributed by atoms with E-state index in [9.17, 15) is 22.0 Å². The van der Waals surface area contributed by atoms with Gasteiger partial charge in [-0.1, -0.05) is 36.4 Å². The van der Waals surface area contributed by atoms with E-state index < -0.39 is 33.1 Å². The van der Waals surface area contributed by atoms with Gasteiger partial charge in [0.25, 0.3) is 5.91 Å². The number of amides is 1. The normalized spacial score (nSPS) is 11.2. The second-order valence-corrected chi connectivity index (χ2v) is 7.68. The summed E-state index contributed by atoms with van der Waals surface area (Å²) in [5.74, 6) is -2.35. The van der Waals surface area contributed by atoms with E-state index in [1.165, 1.54) is 18.2 Å². The summed E-state index contributed by atoms with van der Waals surface area (Å²) in [5.41, 5.74) is 0.406. The summed E-state index contributed by atoms with van der Waals surface area (Å²) in [4.78, 5) is 12.1. The van der Waals surface area contributed by atoms with Gasteiger partial charge in [0.05, 0.1) is 10.5 Å². The number of hydrogen-bond donors (Lipinski definition) is 2. The Morgan fingerprint density at radius 3 is 2.36 bits per heavy atom. The molecule has 0 saturated heterocycles. The van der Waals surface area contributed by atoms with E-state index in [-0.39, 0.29) is 17.1 Å². The van der Waals surface area contributed by atoms with Gasteiger partial charge in [0.2, 0.25) is 10.0 Å². The van der Waals surface area contributed by atoms with E-state index in [1.54, 1.807) is 24.3 Å². The highest BCUT2D eigenvalue weighted by molar-refractivity contribution is 7.89. The van der Waals surface area contributed by atoms with Crippen LogP contribution >= 0.6 is 0 Å². The summed E-state index contributed by atoms with van der Waals surface area (Å²) in [5, 5.41) is 2.34. The van der Waals surface area contributed by atoms with Gasteiger partial charge < -0.3 is 5.32 Å². The molecule has 8 heteroatoms. The molecular formula is C20H16F2N2O3S. The van der Waals surface area contributed by atoms with E-state index in [4.69, 9.17) is 0 Å². The van der Waals surface area contributed by atoms with Crippen molar-refractivity contribution in [3.63, 3.8) is 0 Å². The minimum Gasteiger partial charge on any atom is -0.322 e. The van der Waals surface area contributed by atoms with E-state index in [1.807, 2.05) is 6.07 Å². The maximum absolute atomic E-state index is 14.1. The molecule has 0 atom stereocenters. The second-order valence-electron chi connectivity index (χ2n) is 5.92. The Morgan fingerprint density at radius 1 is 0.893 bits per heavy atom. The molecule has 3 aromatic carbocycles. The lowest BCUT2D eigenvalue weighted by molar-refractivity contribution is 0.102. The van der Waals surface area contributed by atoms with Crippen molar-refractivity contribution in [1.82, 2.24) is 4.72 Å². The number of carbonyl (C=O) groups excluding carboxylic acids is 1. The lowest BCUT2D eigenvalue weighted by Crippen LogP contribution is -2.24. The van der Waals surface area contributed by atoms with Crippen molar-refractivity contribution >= 4 is 21.6 Å². The number of hydrogen-bond acceptors (Lipinski definition) is 3. The first-order valence-corrected chi connectivity index (χ1v) is 9.73. The minimum atomic E-state index is -3.97. The Morgan fingerprint density at radius 2 is 1.64 bits per heavy atom. The standard InChI is InChI=1S/C20H16F2N2O3S/c21-15-7-4-8-16(11-15)24-20(25)18-12-17(9-10-19(18)22)28(26,27)23-13-14-5-2-1-3-6-14/h1-12,23H,13H2,(H,24,25). The molecule has 0 saturated carbocycles. The van der Waals surface area contributed by atoms with E-state index in [0.717, 1.165) is 29.8 Å². The van der Waals surface area contributed by atoms with Crippen molar-refractivity contribution in [2.45, 2.75) is 11.4 Å². The van der Waals surface area contributed by atoms with Gasteiger partial charge in [0, 0.05) is 12.2 Å². The molecule has 5 nitrogen and oxygen atoms in total. The van der Waals surface area contributed by atoms with Gasteiger partial charge in [-0.25, -0.2) is 21.9 Å². The molecule has 1 amide bonds. The third-order valence-electron chi connectivity index (χ3n) is 3.88. The molecule has 0 radical (unpaired) electrons. The maximum atomic E-state index is 14.1. The fourth-order valence-electron chi connectivity index (χ4n) is 2.47. The zero-order valence-corrected chi connectivity index (χ0v) is 15.3. The molecule has 0 aliphatic heterocycles. The van der Waals surface area contributed by atoms with Crippen LogP contribution in [-0.2, 0) is 16.6 Å². The Hall–Kier alpha value is -3.10. The summed E-state index contributed by atoms with van der Waals surface area (Å²) < 4.78 is 54.7. The van der Waals surface area contributed by atoms with Crippen LogP contribution in [0.5, 0.6) is 0 Å². The third kappa shape index (κ3) is 4.79. The monoisotopic (exact) mass is 402 g/mol. The molecule has 0 fully saturated rings. The molecule has 3 rings (SSSR count). The molecule has 28 heavy (non-hydrogen) atoms. The number of carbonyl (C=O) groups is 1. The van der Waals surface area contributed by atoms with Crippen LogP contribution in [-0.4, -0.2) is 14.3 Å². The number of nitrogens with one attached hydrogen (secondary N) is 2. The summed E-state index contributed by atoms with van der Waals surface area (Å²) in [6.07, 6.45) is 0. The summed E-state index contributed by atoms with van der Waals surface area (Å²) in [6, 6.07) is 16.9. The van der Waals surface area contributed by atoms with Gasteiger partial charge in [0.1, 0.15) is 11.6 Å². The van der Waals surface area contributed by atoms with E-state index >= 15 is 0 Å². The van der Waals surface area contributed by atoms with Crippen molar-refractivity contribution in [1.29, 1.82) is 0 Å². The van der Waals surface area contributed by atoms with Crippen LogP contribution in [0.2, 0.25) is 0 Å². The molecule has 0 aliphatic rings. The average molecular weight is 402 g/mol. The molecule has 0 bridgehead atoms. The number of sulfonamides is 1. The molecule has 0 aliphatic carbocycles. The van der Waals surface area contributed by atoms with Gasteiger partial charge >= 0.3 is 0 Å². The second kappa shape index (κ2) is 8.28. The van der Waals surface area contributed by atoms with Crippen molar-refractivity contribution in [3.8, 4) is 0 Å². The largest absolute Gasteiger partial charge is 0.322 e. The smallest absolute Gasteiger partial charge is 0.258 e. The third-order valence-corrected chi connectivity index (χ3v) is 5.28. The summed E-state index contributed by atoms with van der Waals surface area (Å²) in [7, 11) is -3.97. The molecule has 0 aromatic heterocycles. The summed E-state index contributed by atoms with van der Waals surface area (Å²) >= 11 is 0. The Balaban J connectivity index is 1.81. The van der Waals surface area contributed by atoms with Gasteiger partial charge in [-0.3, -0.25) is 4.79 Å². The van der Waals surface area contributed by atoms with Crippen molar-refractivity contribution in [2.75, 3.05) is 5.32 Å². The first-order chi connectivity index (χ1) is 13.3. The molecule has 0 heterocycles. The quantitative estimate of drug-likeness (QED) is 0.660. The highest BCUT2D eigenvalue weighted by Gasteiger charge is 2.19. The molecule has 0 unspecified atom stereocenters. The van der Waals surface area contributed by atoms with Crippen LogP contribution in [0.25, 0.3) is 0 Å². The Kier molecular flexibility index (Phi) is 5.81. The zero-order chi connectivity index (χ0) is 20.1. The predicted molar refractivity (Wildman–Crippen MR) is 101 cm³/mol. The van der Waals surface area contributed by atoms with Crippen molar-refractivity contribution in [3.05, 3.63) is 95.6 Å². The van der Waals surface area contributed by atoms with E-state index in [0.29, 0.717) is 0 Å². The number of benzene rings is 3. The molecule has 144 valence electrons. The molecule has 0 spiro atoms. The number of anilines is 1. The van der Waals surface area contributed by atoms with E-state index in [2.05, 4.69) is 10.0 Å². The van der Waals surface area contributed by atoms with Crippen LogP contribution in [0.4, 0.5) is 14.5 Å². The van der Waals surface area contributed by atoms with Gasteiger partial charge in [-0.05, 0) is 42.0 Å². The molecule has 2 N–H and O–H groups in total. The van der Waals surface area contributed by atoms with Gasteiger partial charge in [0.15, 0.2) is 0 Å². The van der Waals surface area contributed by atoms with Crippen LogP contribution in [0.15, 0.2) is 77.7 Å². The SMILES string of the molecule is O=C(Nc1cccc(F)c1)c1cc(S(=O)(=O)NCc2ccccc2)ccc1F. The lowest BCUT2D eigenvalue weighted by Gasteiger charge is -2.10. The zero-order valence-electron chi connectivity index (χ0n) is 14.5. The molecular weight excluding hydrogens is 386 g/mol. The average Bonchev–Trinajstić information content (AvgIpc) is 2.67. The van der Waals surface area contributed by atoms with Crippen molar-refractivity contribution in [2.24, 2.45) is 0 Å². The summed E-state index contributed by atoms with van der Waals surface area (Å²) in [6.45, 7) is 0.0470. The first-order valence-electron chi connectivity index (χ1n) is 8.25. The minimum absolute atomic E-state index is 0.0470. The highest BCUT2D eigenvalue weighted by Crippen LogP contribution is 2.18. The first kappa shape index (κ1) is 19.7. The van der Waals surface area contributed by atoms with Crippen LogP contribution < -0.4 is 10.0 Å². The topological polar surface area (TPSA) is 75.3 Å². The Bertz CT molecular complexity index is 1100. The van der Waals surface area contributed by atoms with Crippen LogP contribution in [0.3, 0.4) is 0 Å². The van der Waals surface area contributed by atoms with Crippen LogP contribution in [0, 0.1) is 11.6 Å². The highest BCUT2D eigenvalue weighted by atomic mass is 32.2. The fraction of sp³-hybridized carbons (Fsp3) is 0.0500. The van der Waals surface area contributed by atoms with Crippen molar-refractivity contribution < 1.29 is 22.0 Å². The fourth-order valence-corrected chi connectivity index (χ4v) is 3.51. The predicted octanol–water partition coefficient (Wildman–Crippen LogP) is 3.70. The maximum Gasteiger partial charge on any atom is 0.258 e. The van der Waals surface area contributed by atoms with Gasteiger partial charge in [-0.15, -0.1) is 0 Å². The Labute approximate surface area is 161 Å². The number of rotatable bonds is 6. The molecule has 3 aromatic rings. The number of halogens is 2.